The molecule has 2 aromatic heterocycles. The molecule has 3 heterocycles. The highest BCUT2D eigenvalue weighted by Gasteiger charge is 2.30. The summed E-state index contributed by atoms with van der Waals surface area (Å²) < 4.78 is 38.0. The van der Waals surface area contributed by atoms with Gasteiger partial charge in [0, 0.05) is 35.3 Å². The molecule has 6 nitrogen and oxygen atoms in total. The lowest BCUT2D eigenvalue weighted by Crippen LogP contribution is -2.34. The molecular formula is C20H15F3N4O2S. The van der Waals surface area contributed by atoms with Gasteiger partial charge in [-0.1, -0.05) is 17.3 Å². The van der Waals surface area contributed by atoms with Crippen LogP contribution < -0.4 is 5.32 Å². The minimum absolute atomic E-state index is 0.179. The third-order valence-corrected chi connectivity index (χ3v) is 5.35. The zero-order valence-electron chi connectivity index (χ0n) is 15.4. The number of thiazole rings is 1. The van der Waals surface area contributed by atoms with E-state index in [1.165, 1.54) is 23.5 Å². The fraction of sp³-hybridized carbons (Fsp3) is 0.200. The van der Waals surface area contributed by atoms with Crippen LogP contribution in [0.1, 0.15) is 23.2 Å². The first-order valence-corrected chi connectivity index (χ1v) is 9.81. The van der Waals surface area contributed by atoms with Crippen molar-refractivity contribution in [3.63, 3.8) is 0 Å². The number of pyridine rings is 1. The maximum Gasteiger partial charge on any atom is 0.416 e. The molecule has 0 aliphatic carbocycles. The van der Waals surface area contributed by atoms with Crippen LogP contribution in [0.3, 0.4) is 0 Å². The van der Waals surface area contributed by atoms with Gasteiger partial charge in [-0.2, -0.15) is 13.2 Å². The predicted octanol–water partition coefficient (Wildman–Crippen LogP) is 4.03. The number of nitrogens with zero attached hydrogens (tertiary/aromatic N) is 3. The number of carbonyl (C=O) groups excluding carboxylic acids is 1. The number of oxime groups is 1. The SMILES string of the molecule is O=C(NCc1csc(-c2ccc(C(F)(F)F)cc2)n1)C1CC(c2cccnc2)=NO1. The van der Waals surface area contributed by atoms with Crippen molar-refractivity contribution < 1.29 is 22.8 Å². The average molecular weight is 432 g/mol. The van der Waals surface area contributed by atoms with E-state index < -0.39 is 17.8 Å². The third kappa shape index (κ3) is 4.48. The predicted molar refractivity (Wildman–Crippen MR) is 105 cm³/mol. The summed E-state index contributed by atoms with van der Waals surface area (Å²) in [5.41, 5.74) is 1.93. The second kappa shape index (κ2) is 8.23. The summed E-state index contributed by atoms with van der Waals surface area (Å²) in [5.74, 6) is -0.318. The van der Waals surface area contributed by atoms with Crippen molar-refractivity contribution in [2.45, 2.75) is 25.2 Å². The van der Waals surface area contributed by atoms with E-state index in [4.69, 9.17) is 4.84 Å². The first kappa shape index (κ1) is 20.0. The Morgan fingerprint density at radius 1 is 1.20 bits per heavy atom. The molecular weight excluding hydrogens is 417 g/mol. The number of nitrogens with one attached hydrogen (secondary N) is 1. The molecule has 1 atom stereocenters. The Bertz CT molecular complexity index is 1070. The van der Waals surface area contributed by atoms with E-state index in [0.29, 0.717) is 28.4 Å². The van der Waals surface area contributed by atoms with Crippen LogP contribution in [-0.4, -0.2) is 27.7 Å². The van der Waals surface area contributed by atoms with Gasteiger partial charge in [0.2, 0.25) is 6.10 Å². The van der Waals surface area contributed by atoms with Crippen molar-refractivity contribution in [2.24, 2.45) is 5.16 Å². The Hall–Kier alpha value is -3.27. The zero-order valence-corrected chi connectivity index (χ0v) is 16.2. The van der Waals surface area contributed by atoms with Crippen molar-refractivity contribution in [3.05, 3.63) is 71.0 Å². The second-order valence-corrected chi connectivity index (χ2v) is 7.37. The normalized spacial score (nSPS) is 16.1. The van der Waals surface area contributed by atoms with Gasteiger partial charge in [0.15, 0.2) is 0 Å². The van der Waals surface area contributed by atoms with Crippen LogP contribution in [-0.2, 0) is 22.4 Å². The minimum atomic E-state index is -4.38. The third-order valence-electron chi connectivity index (χ3n) is 4.41. The lowest BCUT2D eigenvalue weighted by atomic mass is 10.1. The van der Waals surface area contributed by atoms with Crippen LogP contribution in [0, 0.1) is 0 Å². The lowest BCUT2D eigenvalue weighted by Gasteiger charge is -2.08. The van der Waals surface area contributed by atoms with E-state index in [0.717, 1.165) is 17.7 Å². The fourth-order valence-corrected chi connectivity index (χ4v) is 3.66. The van der Waals surface area contributed by atoms with E-state index in [1.807, 2.05) is 6.07 Å². The van der Waals surface area contributed by atoms with E-state index >= 15 is 0 Å². The fourth-order valence-electron chi connectivity index (χ4n) is 2.84. The minimum Gasteiger partial charge on any atom is -0.382 e. The van der Waals surface area contributed by atoms with Crippen LogP contribution in [0.5, 0.6) is 0 Å². The van der Waals surface area contributed by atoms with Gasteiger partial charge in [-0.25, -0.2) is 4.98 Å². The molecule has 3 aromatic rings. The highest BCUT2D eigenvalue weighted by molar-refractivity contribution is 7.13. The number of hydrogen-bond acceptors (Lipinski definition) is 6. The summed E-state index contributed by atoms with van der Waals surface area (Å²) in [6, 6.07) is 8.43. The number of alkyl halides is 3. The summed E-state index contributed by atoms with van der Waals surface area (Å²) >= 11 is 1.29. The number of carbonyl (C=O) groups is 1. The van der Waals surface area contributed by atoms with E-state index in [2.05, 4.69) is 20.4 Å². The van der Waals surface area contributed by atoms with Gasteiger partial charge in [0.1, 0.15) is 5.01 Å². The van der Waals surface area contributed by atoms with Gasteiger partial charge in [-0.3, -0.25) is 9.78 Å². The van der Waals surface area contributed by atoms with Crippen LogP contribution in [0.4, 0.5) is 13.2 Å². The van der Waals surface area contributed by atoms with Gasteiger partial charge in [0.25, 0.3) is 5.91 Å². The zero-order chi connectivity index (χ0) is 21.1. The van der Waals surface area contributed by atoms with Crippen molar-refractivity contribution in [3.8, 4) is 10.6 Å². The Morgan fingerprint density at radius 3 is 2.70 bits per heavy atom. The molecule has 0 saturated carbocycles. The first-order chi connectivity index (χ1) is 14.4. The monoisotopic (exact) mass is 432 g/mol. The molecule has 30 heavy (non-hydrogen) atoms. The second-order valence-electron chi connectivity index (χ2n) is 6.51. The van der Waals surface area contributed by atoms with Crippen molar-refractivity contribution in [1.82, 2.24) is 15.3 Å². The van der Waals surface area contributed by atoms with Crippen LogP contribution in [0.25, 0.3) is 10.6 Å². The first-order valence-electron chi connectivity index (χ1n) is 8.93. The molecule has 0 radical (unpaired) electrons. The Kier molecular flexibility index (Phi) is 5.49. The molecule has 154 valence electrons. The molecule has 4 rings (SSSR count). The van der Waals surface area contributed by atoms with Crippen LogP contribution in [0.15, 0.2) is 59.3 Å². The number of halogens is 3. The highest BCUT2D eigenvalue weighted by Crippen LogP contribution is 2.31. The van der Waals surface area contributed by atoms with E-state index in [1.54, 1.807) is 23.8 Å². The summed E-state index contributed by atoms with van der Waals surface area (Å²) in [6.07, 6.45) is -1.46. The van der Waals surface area contributed by atoms with Gasteiger partial charge < -0.3 is 10.2 Å². The highest BCUT2D eigenvalue weighted by atomic mass is 32.1. The largest absolute Gasteiger partial charge is 0.416 e. The molecule has 0 fully saturated rings. The molecule has 0 spiro atoms. The number of benzene rings is 1. The summed E-state index contributed by atoms with van der Waals surface area (Å²) in [4.78, 5) is 26.0. The van der Waals surface area contributed by atoms with Gasteiger partial charge in [0.05, 0.1) is 23.5 Å². The van der Waals surface area contributed by atoms with E-state index in [-0.39, 0.29) is 12.5 Å². The van der Waals surface area contributed by atoms with Crippen molar-refractivity contribution >= 4 is 23.0 Å². The molecule has 1 unspecified atom stereocenters. The molecule has 1 amide bonds. The topological polar surface area (TPSA) is 76.5 Å². The van der Waals surface area contributed by atoms with Gasteiger partial charge in [-0.05, 0) is 24.3 Å². The van der Waals surface area contributed by atoms with Crippen LogP contribution in [0.2, 0.25) is 0 Å². The molecule has 1 aromatic carbocycles. The lowest BCUT2D eigenvalue weighted by molar-refractivity contribution is -0.137. The summed E-state index contributed by atoms with van der Waals surface area (Å²) in [6.45, 7) is 0.179. The van der Waals surface area contributed by atoms with E-state index in [9.17, 15) is 18.0 Å². The number of amides is 1. The van der Waals surface area contributed by atoms with Crippen molar-refractivity contribution in [1.29, 1.82) is 0 Å². The standard InChI is InChI=1S/C20H15F3N4O2S/c21-20(22,23)14-5-3-12(4-6-14)19-26-15(11-30-19)10-25-18(28)17-8-16(27-29-17)13-2-1-7-24-9-13/h1-7,9,11,17H,8,10H2,(H,25,28). The van der Waals surface area contributed by atoms with Crippen molar-refractivity contribution in [2.75, 3.05) is 0 Å². The Balaban J connectivity index is 1.32. The maximum atomic E-state index is 12.7. The molecule has 1 aliphatic heterocycles. The quantitative estimate of drug-likeness (QED) is 0.661. The number of aromatic nitrogens is 2. The Morgan fingerprint density at radius 2 is 2.00 bits per heavy atom. The van der Waals surface area contributed by atoms with Gasteiger partial charge >= 0.3 is 6.18 Å². The smallest absolute Gasteiger partial charge is 0.382 e. The van der Waals surface area contributed by atoms with Gasteiger partial charge in [-0.15, -0.1) is 11.3 Å². The molecule has 1 N–H and O–H groups in total. The number of hydrogen-bond donors (Lipinski definition) is 1. The molecule has 0 saturated heterocycles. The summed E-state index contributed by atoms with van der Waals surface area (Å²) in [5, 5.41) is 9.03. The number of rotatable bonds is 5. The average Bonchev–Trinajstić information content (AvgIpc) is 3.42. The van der Waals surface area contributed by atoms with Crippen LogP contribution >= 0.6 is 11.3 Å². The molecule has 1 aliphatic rings. The molecule has 10 heteroatoms. The maximum absolute atomic E-state index is 12.7. The summed E-state index contributed by atoms with van der Waals surface area (Å²) in [7, 11) is 0. The molecule has 0 bridgehead atoms. The Labute approximate surface area is 173 Å².